The van der Waals surface area contributed by atoms with Crippen molar-refractivity contribution >= 4 is 20.2 Å². The molecule has 0 aromatic carbocycles. The number of hydrogen-bond donors (Lipinski definition) is 0. The molecule has 0 spiro atoms. The molecular formula is C8H10F6O6S2. The first kappa shape index (κ1) is 19.4. The van der Waals surface area contributed by atoms with Crippen molar-refractivity contribution in [2.24, 2.45) is 0 Å². The fourth-order valence-electron chi connectivity index (χ4n) is 1.54. The number of hydrogen-bond acceptors (Lipinski definition) is 6. The minimum atomic E-state index is -6.50. The monoisotopic (exact) mass is 380 g/mol. The summed E-state index contributed by atoms with van der Waals surface area (Å²) in [5.74, 6) is -8.07. The largest absolute Gasteiger partial charge is 0.455 e. The van der Waals surface area contributed by atoms with E-state index in [0.717, 1.165) is 0 Å². The van der Waals surface area contributed by atoms with Crippen molar-refractivity contribution in [1.29, 1.82) is 0 Å². The van der Waals surface area contributed by atoms with Crippen LogP contribution in [0.4, 0.5) is 26.3 Å². The standard InChI is InChI=1S/C8H10F6O6S2/c9-7(10,11)6(8(12,13)14)19-21(15,16)4-2-1-3-5-22(17,18)20-6/h1-5H2. The van der Waals surface area contributed by atoms with E-state index < -0.39 is 49.9 Å². The van der Waals surface area contributed by atoms with Crippen LogP contribution in [-0.2, 0) is 28.6 Å². The van der Waals surface area contributed by atoms with Crippen LogP contribution in [0.15, 0.2) is 0 Å². The second-order valence-corrected chi connectivity index (χ2v) is 7.74. The van der Waals surface area contributed by atoms with Gasteiger partial charge in [0.15, 0.2) is 0 Å². The zero-order valence-electron chi connectivity index (χ0n) is 10.6. The van der Waals surface area contributed by atoms with Gasteiger partial charge in [-0.3, -0.25) is 0 Å². The van der Waals surface area contributed by atoms with Crippen molar-refractivity contribution in [3.05, 3.63) is 0 Å². The van der Waals surface area contributed by atoms with Crippen molar-refractivity contribution in [2.45, 2.75) is 37.4 Å². The van der Waals surface area contributed by atoms with Crippen LogP contribution in [-0.4, -0.2) is 46.5 Å². The summed E-state index contributed by atoms with van der Waals surface area (Å²) < 4.78 is 129. The van der Waals surface area contributed by atoms with Crippen molar-refractivity contribution in [3.8, 4) is 0 Å². The maximum Gasteiger partial charge on any atom is 0.455 e. The molecule has 0 aliphatic carbocycles. The third kappa shape index (κ3) is 4.23. The minimum Gasteiger partial charge on any atom is -0.215 e. The van der Waals surface area contributed by atoms with Crippen LogP contribution in [0.3, 0.4) is 0 Å². The fraction of sp³-hybridized carbons (Fsp3) is 1.00. The third-order valence-electron chi connectivity index (χ3n) is 2.52. The summed E-state index contributed by atoms with van der Waals surface area (Å²) in [6, 6.07) is 0. The molecule has 0 N–H and O–H groups in total. The zero-order valence-corrected chi connectivity index (χ0v) is 12.2. The molecule has 1 saturated heterocycles. The van der Waals surface area contributed by atoms with Gasteiger partial charge in [-0.1, -0.05) is 6.42 Å². The van der Waals surface area contributed by atoms with Gasteiger partial charge in [0.05, 0.1) is 11.5 Å². The Morgan fingerprint density at radius 1 is 0.682 bits per heavy atom. The Hall–Kier alpha value is -0.600. The summed E-state index contributed by atoms with van der Waals surface area (Å²) in [4.78, 5) is 0. The highest BCUT2D eigenvalue weighted by molar-refractivity contribution is 7.87. The average Bonchev–Trinajstić information content (AvgIpc) is 2.22. The van der Waals surface area contributed by atoms with Crippen LogP contribution >= 0.6 is 0 Å². The molecule has 0 bridgehead atoms. The molecule has 0 atom stereocenters. The lowest BCUT2D eigenvalue weighted by molar-refractivity contribution is -0.421. The van der Waals surface area contributed by atoms with E-state index in [1.165, 1.54) is 0 Å². The van der Waals surface area contributed by atoms with E-state index in [2.05, 4.69) is 8.37 Å². The minimum absolute atomic E-state index is 0.0593. The van der Waals surface area contributed by atoms with Crippen LogP contribution in [0.25, 0.3) is 0 Å². The molecule has 1 rings (SSSR count). The topological polar surface area (TPSA) is 86.7 Å². The molecule has 22 heavy (non-hydrogen) atoms. The summed E-state index contributed by atoms with van der Waals surface area (Å²) >= 11 is 0. The lowest BCUT2D eigenvalue weighted by atomic mass is 10.3. The Bertz CT molecular complexity index is 550. The summed E-state index contributed by atoms with van der Waals surface area (Å²) in [5, 5.41) is 0. The van der Waals surface area contributed by atoms with Gasteiger partial charge < -0.3 is 0 Å². The molecule has 0 saturated carbocycles. The van der Waals surface area contributed by atoms with E-state index in [1.54, 1.807) is 0 Å². The molecule has 1 heterocycles. The molecule has 0 aromatic rings. The van der Waals surface area contributed by atoms with Gasteiger partial charge in [0.25, 0.3) is 20.2 Å². The maximum atomic E-state index is 12.8. The first-order valence-electron chi connectivity index (χ1n) is 5.62. The fourth-order valence-corrected chi connectivity index (χ4v) is 4.03. The van der Waals surface area contributed by atoms with E-state index in [-0.39, 0.29) is 19.3 Å². The molecular weight excluding hydrogens is 370 g/mol. The molecule has 6 nitrogen and oxygen atoms in total. The van der Waals surface area contributed by atoms with Gasteiger partial charge in [-0.25, -0.2) is 8.37 Å². The molecule has 0 unspecified atom stereocenters. The van der Waals surface area contributed by atoms with Crippen LogP contribution in [0, 0.1) is 0 Å². The lowest BCUT2D eigenvalue weighted by Gasteiger charge is -2.35. The molecule has 132 valence electrons. The van der Waals surface area contributed by atoms with Gasteiger partial charge in [-0.15, -0.1) is 0 Å². The Morgan fingerprint density at radius 2 is 1.00 bits per heavy atom. The molecule has 0 aromatic heterocycles. The van der Waals surface area contributed by atoms with Gasteiger partial charge in [-0.2, -0.15) is 43.2 Å². The predicted octanol–water partition coefficient (Wildman–Crippen LogP) is 1.68. The Kier molecular flexibility index (Phi) is 5.12. The summed E-state index contributed by atoms with van der Waals surface area (Å²) in [6.45, 7) is 0. The highest BCUT2D eigenvalue weighted by atomic mass is 32.2. The molecule has 1 aliphatic heterocycles. The first-order valence-corrected chi connectivity index (χ1v) is 8.77. The van der Waals surface area contributed by atoms with E-state index in [1.807, 2.05) is 0 Å². The van der Waals surface area contributed by atoms with Crippen molar-refractivity contribution in [2.75, 3.05) is 11.5 Å². The van der Waals surface area contributed by atoms with E-state index in [4.69, 9.17) is 0 Å². The molecule has 1 fully saturated rings. The number of rotatable bonds is 0. The highest BCUT2D eigenvalue weighted by Crippen LogP contribution is 2.49. The highest BCUT2D eigenvalue weighted by Gasteiger charge is 2.78. The van der Waals surface area contributed by atoms with Crippen molar-refractivity contribution in [3.63, 3.8) is 0 Å². The molecule has 0 amide bonds. The second kappa shape index (κ2) is 5.79. The van der Waals surface area contributed by atoms with Crippen LogP contribution in [0.1, 0.15) is 19.3 Å². The molecule has 14 heteroatoms. The van der Waals surface area contributed by atoms with Crippen LogP contribution < -0.4 is 0 Å². The zero-order chi connectivity index (χ0) is 17.4. The van der Waals surface area contributed by atoms with Crippen molar-refractivity contribution < 1.29 is 51.5 Å². The lowest BCUT2D eigenvalue weighted by Crippen LogP contribution is -2.62. The third-order valence-corrected chi connectivity index (χ3v) is 5.08. The Morgan fingerprint density at radius 3 is 1.27 bits per heavy atom. The first-order chi connectivity index (χ1) is 9.62. The number of halogens is 6. The van der Waals surface area contributed by atoms with Gasteiger partial charge >= 0.3 is 18.1 Å². The van der Waals surface area contributed by atoms with E-state index in [9.17, 15) is 43.2 Å². The normalized spacial score (nSPS) is 26.3. The van der Waals surface area contributed by atoms with Gasteiger partial charge in [0.2, 0.25) is 0 Å². The van der Waals surface area contributed by atoms with Gasteiger partial charge in [0, 0.05) is 0 Å². The summed E-state index contributed by atoms with van der Waals surface area (Å²) in [7, 11) is -10.7. The Balaban J connectivity index is 3.55. The molecule has 0 radical (unpaired) electrons. The van der Waals surface area contributed by atoms with E-state index in [0.29, 0.717) is 0 Å². The second-order valence-electron chi connectivity index (χ2n) is 4.36. The SMILES string of the molecule is O=S1(=O)CCCCCS(=O)(=O)OC(C(F)(F)F)(C(F)(F)F)O1. The van der Waals surface area contributed by atoms with Crippen LogP contribution in [0.2, 0.25) is 0 Å². The quantitative estimate of drug-likeness (QED) is 0.470. The summed E-state index contributed by atoms with van der Waals surface area (Å²) in [5.41, 5.74) is 0. The maximum absolute atomic E-state index is 12.8. The smallest absolute Gasteiger partial charge is 0.215 e. The Labute approximate surface area is 121 Å². The number of alkyl halides is 6. The van der Waals surface area contributed by atoms with Gasteiger partial charge in [-0.05, 0) is 12.8 Å². The van der Waals surface area contributed by atoms with Gasteiger partial charge in [0.1, 0.15) is 0 Å². The van der Waals surface area contributed by atoms with E-state index >= 15 is 0 Å². The predicted molar refractivity (Wildman–Crippen MR) is 58.4 cm³/mol. The van der Waals surface area contributed by atoms with Crippen molar-refractivity contribution in [1.82, 2.24) is 0 Å². The average molecular weight is 380 g/mol. The molecule has 1 aliphatic rings. The van der Waals surface area contributed by atoms with Crippen LogP contribution in [0.5, 0.6) is 0 Å². The summed E-state index contributed by atoms with van der Waals surface area (Å²) in [6.07, 6.45) is -13.8.